The minimum absolute atomic E-state index is 0.0485. The van der Waals surface area contributed by atoms with Crippen molar-refractivity contribution in [2.24, 2.45) is 0 Å². The number of thiophene rings is 1. The summed E-state index contributed by atoms with van der Waals surface area (Å²) in [6.45, 7) is 1.12. The third-order valence-corrected chi connectivity index (χ3v) is 9.20. The second-order valence-corrected chi connectivity index (χ2v) is 10.8. The highest BCUT2D eigenvalue weighted by Crippen LogP contribution is 2.35. The lowest BCUT2D eigenvalue weighted by Gasteiger charge is -2.34. The molecule has 1 aromatic rings. The number of carbonyl (C=O) groups is 3. The molecule has 3 heterocycles. The number of nitrogens with zero attached hydrogens (tertiary/aromatic N) is 3. The summed E-state index contributed by atoms with van der Waals surface area (Å²) in [6, 6.07) is 2.85. The van der Waals surface area contributed by atoms with Crippen LogP contribution in [0, 0.1) is 0 Å². The molecule has 9 nitrogen and oxygen atoms in total. The normalized spacial score (nSPS) is 22.5. The molecule has 4 amide bonds. The predicted molar refractivity (Wildman–Crippen MR) is 106 cm³/mol. The molecular formula is C18H24N4O5S2. The molecule has 29 heavy (non-hydrogen) atoms. The summed E-state index contributed by atoms with van der Waals surface area (Å²) in [5.41, 5.74) is -0.762. The van der Waals surface area contributed by atoms with Crippen molar-refractivity contribution in [3.8, 4) is 0 Å². The van der Waals surface area contributed by atoms with Gasteiger partial charge < -0.3 is 10.2 Å². The van der Waals surface area contributed by atoms with Gasteiger partial charge in [-0.15, -0.1) is 11.3 Å². The second kappa shape index (κ2) is 7.69. The van der Waals surface area contributed by atoms with Crippen molar-refractivity contribution in [3.63, 3.8) is 0 Å². The topological polar surface area (TPSA) is 107 Å². The summed E-state index contributed by atoms with van der Waals surface area (Å²) >= 11 is 1.18. The third kappa shape index (κ3) is 3.66. The summed E-state index contributed by atoms with van der Waals surface area (Å²) in [7, 11) is -3.51. The van der Waals surface area contributed by atoms with Crippen molar-refractivity contribution in [2.75, 3.05) is 32.7 Å². The maximum Gasteiger partial charge on any atom is 0.325 e. The number of imide groups is 1. The Bertz CT molecular complexity index is 901. The van der Waals surface area contributed by atoms with Crippen molar-refractivity contribution in [2.45, 2.75) is 41.9 Å². The molecule has 2 aliphatic heterocycles. The highest BCUT2D eigenvalue weighted by Gasteiger charge is 2.52. The Balaban J connectivity index is 1.29. The van der Waals surface area contributed by atoms with Gasteiger partial charge in [-0.05, 0) is 24.3 Å². The van der Waals surface area contributed by atoms with E-state index in [1.54, 1.807) is 22.4 Å². The number of carbonyl (C=O) groups excluding carboxylic acids is 3. The minimum atomic E-state index is -3.51. The molecule has 1 saturated carbocycles. The number of piperazine rings is 1. The van der Waals surface area contributed by atoms with Crippen molar-refractivity contribution >= 4 is 39.2 Å². The van der Waals surface area contributed by atoms with Crippen LogP contribution < -0.4 is 5.32 Å². The lowest BCUT2D eigenvalue weighted by atomic mass is 9.98. The smallest absolute Gasteiger partial charge is 0.325 e. The highest BCUT2D eigenvalue weighted by atomic mass is 32.2. The Hall–Kier alpha value is -1.98. The number of amides is 4. The molecule has 1 aliphatic carbocycles. The quantitative estimate of drug-likeness (QED) is 0.683. The molecule has 0 atom stereocenters. The standard InChI is InChI=1S/C18H24N4O5S2/c23-14(5-8-22-16(24)18(19-17(22)25)6-1-2-7-18)20-9-11-21(12-10-20)29(26,27)15-4-3-13-28-15/h3-4,13H,1-2,5-12H2,(H,19,25). The first-order valence-electron chi connectivity index (χ1n) is 9.79. The van der Waals surface area contributed by atoms with Gasteiger partial charge in [0, 0.05) is 39.1 Å². The molecule has 0 aromatic carbocycles. The summed E-state index contributed by atoms with van der Waals surface area (Å²) in [4.78, 5) is 40.1. The molecule has 3 aliphatic rings. The van der Waals surface area contributed by atoms with Gasteiger partial charge in [-0.2, -0.15) is 4.31 Å². The maximum absolute atomic E-state index is 12.6. The zero-order valence-corrected chi connectivity index (χ0v) is 17.6. The molecule has 0 radical (unpaired) electrons. The Labute approximate surface area is 173 Å². The Morgan fingerprint density at radius 3 is 2.45 bits per heavy atom. The highest BCUT2D eigenvalue weighted by molar-refractivity contribution is 7.91. The largest absolute Gasteiger partial charge is 0.340 e. The molecule has 3 fully saturated rings. The molecule has 0 unspecified atom stereocenters. The Kier molecular flexibility index (Phi) is 5.38. The van der Waals surface area contributed by atoms with Crippen LogP contribution in [0.1, 0.15) is 32.1 Å². The van der Waals surface area contributed by atoms with E-state index in [2.05, 4.69) is 5.32 Å². The molecule has 2 saturated heterocycles. The SMILES string of the molecule is O=C(CCN1C(=O)NC2(CCCC2)C1=O)N1CCN(S(=O)(=O)c2cccs2)CC1. The van der Waals surface area contributed by atoms with Gasteiger partial charge in [0.25, 0.3) is 15.9 Å². The van der Waals surface area contributed by atoms with Gasteiger partial charge in [-0.3, -0.25) is 14.5 Å². The van der Waals surface area contributed by atoms with Crippen LogP contribution in [0.5, 0.6) is 0 Å². The van der Waals surface area contributed by atoms with Gasteiger partial charge in [0.1, 0.15) is 9.75 Å². The molecule has 158 valence electrons. The summed E-state index contributed by atoms with van der Waals surface area (Å²) in [5.74, 6) is -0.397. The van der Waals surface area contributed by atoms with Crippen LogP contribution in [0.3, 0.4) is 0 Å². The van der Waals surface area contributed by atoms with Crippen LogP contribution in [0.15, 0.2) is 21.7 Å². The number of hydrogen-bond donors (Lipinski definition) is 1. The van der Waals surface area contributed by atoms with Crippen LogP contribution in [-0.2, 0) is 19.6 Å². The lowest BCUT2D eigenvalue weighted by molar-refractivity contribution is -0.134. The van der Waals surface area contributed by atoms with Crippen molar-refractivity contribution in [3.05, 3.63) is 17.5 Å². The van der Waals surface area contributed by atoms with Crippen LogP contribution in [0.4, 0.5) is 4.79 Å². The maximum atomic E-state index is 12.6. The molecule has 1 N–H and O–H groups in total. The molecule has 1 aromatic heterocycles. The Morgan fingerprint density at radius 2 is 1.83 bits per heavy atom. The average Bonchev–Trinajstić information content (AvgIpc) is 3.44. The van der Waals surface area contributed by atoms with Crippen molar-refractivity contribution in [1.82, 2.24) is 19.4 Å². The van der Waals surface area contributed by atoms with Crippen LogP contribution >= 0.6 is 11.3 Å². The Morgan fingerprint density at radius 1 is 1.14 bits per heavy atom. The van der Waals surface area contributed by atoms with Crippen LogP contribution in [0.25, 0.3) is 0 Å². The van der Waals surface area contributed by atoms with E-state index >= 15 is 0 Å². The molecule has 4 rings (SSSR count). The van der Waals surface area contributed by atoms with E-state index in [4.69, 9.17) is 0 Å². The van der Waals surface area contributed by atoms with E-state index in [-0.39, 0.29) is 37.9 Å². The third-order valence-electron chi connectivity index (χ3n) is 5.93. The number of sulfonamides is 1. The van der Waals surface area contributed by atoms with Gasteiger partial charge >= 0.3 is 6.03 Å². The minimum Gasteiger partial charge on any atom is -0.340 e. The first-order valence-corrected chi connectivity index (χ1v) is 12.1. The monoisotopic (exact) mass is 440 g/mol. The molecule has 11 heteroatoms. The molecular weight excluding hydrogens is 416 g/mol. The van der Waals surface area contributed by atoms with E-state index in [1.807, 2.05) is 0 Å². The zero-order valence-electron chi connectivity index (χ0n) is 16.0. The van der Waals surface area contributed by atoms with Crippen molar-refractivity contribution in [1.29, 1.82) is 0 Å². The van der Waals surface area contributed by atoms with Gasteiger partial charge in [0.15, 0.2) is 0 Å². The first kappa shape index (κ1) is 20.3. The molecule has 0 bridgehead atoms. The van der Waals surface area contributed by atoms with Gasteiger partial charge in [-0.25, -0.2) is 13.2 Å². The average molecular weight is 441 g/mol. The fraction of sp³-hybridized carbons (Fsp3) is 0.611. The second-order valence-electron chi connectivity index (χ2n) is 7.64. The van der Waals surface area contributed by atoms with Gasteiger partial charge in [0.05, 0.1) is 0 Å². The van der Waals surface area contributed by atoms with E-state index in [1.165, 1.54) is 15.6 Å². The van der Waals surface area contributed by atoms with E-state index in [0.717, 1.165) is 17.7 Å². The summed E-state index contributed by atoms with van der Waals surface area (Å²) in [5, 5.41) is 4.53. The summed E-state index contributed by atoms with van der Waals surface area (Å²) < 4.78 is 26.8. The van der Waals surface area contributed by atoms with Crippen LogP contribution in [0.2, 0.25) is 0 Å². The van der Waals surface area contributed by atoms with E-state index in [9.17, 15) is 22.8 Å². The van der Waals surface area contributed by atoms with Gasteiger partial charge in [-0.1, -0.05) is 18.9 Å². The van der Waals surface area contributed by atoms with E-state index < -0.39 is 21.6 Å². The predicted octanol–water partition coefficient (Wildman–Crippen LogP) is 0.836. The molecule has 1 spiro atoms. The first-order chi connectivity index (χ1) is 13.8. The van der Waals surface area contributed by atoms with Crippen LogP contribution in [-0.4, -0.2) is 78.6 Å². The number of hydrogen-bond acceptors (Lipinski definition) is 6. The van der Waals surface area contributed by atoms with Crippen molar-refractivity contribution < 1.29 is 22.8 Å². The number of urea groups is 1. The fourth-order valence-corrected chi connectivity index (χ4v) is 6.84. The number of nitrogens with one attached hydrogen (secondary N) is 1. The van der Waals surface area contributed by atoms with Gasteiger partial charge in [0.2, 0.25) is 5.91 Å². The number of rotatable bonds is 5. The lowest BCUT2D eigenvalue weighted by Crippen LogP contribution is -2.51. The fourth-order valence-electron chi connectivity index (χ4n) is 4.28. The zero-order chi connectivity index (χ0) is 20.6. The summed E-state index contributed by atoms with van der Waals surface area (Å²) in [6.07, 6.45) is 3.19. The van der Waals surface area contributed by atoms with E-state index in [0.29, 0.717) is 30.1 Å².